The van der Waals surface area contributed by atoms with Crippen LogP contribution in [-0.4, -0.2) is 53.1 Å². The summed E-state index contributed by atoms with van der Waals surface area (Å²) in [4.78, 5) is 11.4. The van der Waals surface area contributed by atoms with Crippen LogP contribution in [0.3, 0.4) is 0 Å². The fourth-order valence-corrected chi connectivity index (χ4v) is 3.26. The Morgan fingerprint density at radius 3 is 2.83 bits per heavy atom. The predicted octanol–water partition coefficient (Wildman–Crippen LogP) is 2.22. The van der Waals surface area contributed by atoms with Gasteiger partial charge in [-0.3, -0.25) is 4.99 Å². The van der Waals surface area contributed by atoms with Gasteiger partial charge in [0.2, 0.25) is 0 Å². The Morgan fingerprint density at radius 1 is 1.38 bits per heavy atom. The number of ether oxygens (including phenoxy) is 1. The summed E-state index contributed by atoms with van der Waals surface area (Å²) in [7, 11) is 1.84. The predicted molar refractivity (Wildman–Crippen MR) is 96.3 cm³/mol. The molecule has 2 aromatic heterocycles. The Bertz CT molecular complexity index is 700. The maximum Gasteiger partial charge on any atom is 0.193 e. The number of nitrogens with one attached hydrogen (secondary N) is 1. The topological polar surface area (TPSA) is 54.2 Å². The lowest BCUT2D eigenvalue weighted by Gasteiger charge is -2.33. The first-order valence-electron chi connectivity index (χ1n) is 8.72. The van der Waals surface area contributed by atoms with E-state index in [2.05, 4.69) is 50.7 Å². The van der Waals surface area contributed by atoms with E-state index < -0.39 is 0 Å². The van der Waals surface area contributed by atoms with Crippen LogP contribution in [0.5, 0.6) is 0 Å². The van der Waals surface area contributed by atoms with Crippen molar-refractivity contribution in [2.75, 3.05) is 26.7 Å². The Kier molecular flexibility index (Phi) is 5.35. The molecule has 130 valence electrons. The molecule has 2 aromatic rings. The maximum atomic E-state index is 5.72. The molecule has 1 aliphatic heterocycles. The van der Waals surface area contributed by atoms with Crippen molar-refractivity contribution in [3.63, 3.8) is 0 Å². The standard InChI is InChI=1S/C18H27N5O/c1-4-24-16-8-10-22(11-9-16)18(19-3)20-12-15-13-23-14(2)6-5-7-17(23)21-15/h5-7,13,16H,4,8-12H2,1-3H3,(H,19,20). The van der Waals surface area contributed by atoms with Crippen LogP contribution < -0.4 is 5.32 Å². The van der Waals surface area contributed by atoms with E-state index in [0.717, 1.165) is 49.8 Å². The first-order chi connectivity index (χ1) is 11.7. The Morgan fingerprint density at radius 2 is 2.17 bits per heavy atom. The highest BCUT2D eigenvalue weighted by Gasteiger charge is 2.21. The van der Waals surface area contributed by atoms with E-state index in [1.54, 1.807) is 0 Å². The van der Waals surface area contributed by atoms with Gasteiger partial charge in [0.1, 0.15) is 5.65 Å². The fraction of sp³-hybridized carbons (Fsp3) is 0.556. The van der Waals surface area contributed by atoms with Gasteiger partial charge in [0, 0.05) is 38.6 Å². The second-order valence-electron chi connectivity index (χ2n) is 6.17. The minimum absolute atomic E-state index is 0.394. The number of fused-ring (bicyclic) bond motifs is 1. The molecule has 0 saturated carbocycles. The molecule has 1 fully saturated rings. The van der Waals surface area contributed by atoms with Crippen molar-refractivity contribution in [2.45, 2.75) is 39.3 Å². The molecule has 3 heterocycles. The molecule has 0 radical (unpaired) electrons. The van der Waals surface area contributed by atoms with E-state index >= 15 is 0 Å². The van der Waals surface area contributed by atoms with Crippen molar-refractivity contribution < 1.29 is 4.74 Å². The Labute approximate surface area is 143 Å². The van der Waals surface area contributed by atoms with Crippen LogP contribution in [0.15, 0.2) is 29.4 Å². The van der Waals surface area contributed by atoms with Gasteiger partial charge in [0.15, 0.2) is 5.96 Å². The van der Waals surface area contributed by atoms with Gasteiger partial charge in [-0.05, 0) is 38.8 Å². The van der Waals surface area contributed by atoms with Gasteiger partial charge in [0.05, 0.1) is 18.3 Å². The van der Waals surface area contributed by atoms with Crippen LogP contribution in [-0.2, 0) is 11.3 Å². The monoisotopic (exact) mass is 329 g/mol. The van der Waals surface area contributed by atoms with Crippen molar-refractivity contribution in [1.82, 2.24) is 19.6 Å². The zero-order chi connectivity index (χ0) is 16.9. The van der Waals surface area contributed by atoms with Gasteiger partial charge in [-0.1, -0.05) is 6.07 Å². The summed E-state index contributed by atoms with van der Waals surface area (Å²) in [5.41, 5.74) is 3.20. The van der Waals surface area contributed by atoms with Gasteiger partial charge in [-0.15, -0.1) is 0 Å². The highest BCUT2D eigenvalue weighted by Crippen LogP contribution is 2.14. The third-order valence-corrected chi connectivity index (χ3v) is 4.53. The second-order valence-corrected chi connectivity index (χ2v) is 6.17. The van der Waals surface area contributed by atoms with Crippen molar-refractivity contribution in [1.29, 1.82) is 0 Å². The Balaban J connectivity index is 1.59. The molecule has 0 aromatic carbocycles. The number of likely N-dealkylation sites (tertiary alicyclic amines) is 1. The molecule has 3 rings (SSSR count). The smallest absolute Gasteiger partial charge is 0.193 e. The molecular formula is C18H27N5O. The van der Waals surface area contributed by atoms with Crippen molar-refractivity contribution in [2.24, 2.45) is 4.99 Å². The summed E-state index contributed by atoms with van der Waals surface area (Å²) >= 11 is 0. The van der Waals surface area contributed by atoms with Crippen molar-refractivity contribution >= 4 is 11.6 Å². The molecular weight excluding hydrogens is 302 g/mol. The van der Waals surface area contributed by atoms with Gasteiger partial charge in [0.25, 0.3) is 0 Å². The first-order valence-corrected chi connectivity index (χ1v) is 8.72. The zero-order valence-electron chi connectivity index (χ0n) is 14.8. The van der Waals surface area contributed by atoms with Gasteiger partial charge in [-0.25, -0.2) is 4.98 Å². The average Bonchev–Trinajstić information content (AvgIpc) is 3.02. The molecule has 1 N–H and O–H groups in total. The van der Waals surface area contributed by atoms with Gasteiger partial charge in [-0.2, -0.15) is 0 Å². The maximum absolute atomic E-state index is 5.72. The van der Waals surface area contributed by atoms with E-state index in [4.69, 9.17) is 4.74 Å². The van der Waals surface area contributed by atoms with E-state index in [-0.39, 0.29) is 0 Å². The lowest BCUT2D eigenvalue weighted by Crippen LogP contribution is -2.46. The second kappa shape index (κ2) is 7.66. The Hall–Kier alpha value is -2.08. The number of hydrogen-bond donors (Lipinski definition) is 1. The summed E-state index contributed by atoms with van der Waals surface area (Å²) in [5, 5.41) is 3.44. The van der Waals surface area contributed by atoms with Crippen LogP contribution in [0.25, 0.3) is 5.65 Å². The quantitative estimate of drug-likeness (QED) is 0.690. The number of pyridine rings is 1. The molecule has 1 saturated heterocycles. The average molecular weight is 329 g/mol. The van der Waals surface area contributed by atoms with Crippen LogP contribution in [0.2, 0.25) is 0 Å². The molecule has 0 unspecified atom stereocenters. The molecule has 6 nitrogen and oxygen atoms in total. The van der Waals surface area contributed by atoms with Gasteiger partial charge < -0.3 is 19.4 Å². The molecule has 0 spiro atoms. The highest BCUT2D eigenvalue weighted by atomic mass is 16.5. The van der Waals surface area contributed by atoms with Crippen molar-refractivity contribution in [3.8, 4) is 0 Å². The summed E-state index contributed by atoms with van der Waals surface area (Å²) in [6, 6.07) is 6.16. The van der Waals surface area contributed by atoms with Crippen LogP contribution in [0.1, 0.15) is 31.2 Å². The molecule has 0 aliphatic carbocycles. The van der Waals surface area contributed by atoms with Crippen molar-refractivity contribution in [3.05, 3.63) is 35.8 Å². The number of piperidine rings is 1. The fourth-order valence-electron chi connectivity index (χ4n) is 3.26. The van der Waals surface area contributed by atoms with E-state index in [1.807, 2.05) is 19.2 Å². The SMILES string of the molecule is CCOC1CCN(C(=NC)NCc2cn3c(C)cccc3n2)CC1. The lowest BCUT2D eigenvalue weighted by atomic mass is 10.1. The van der Waals surface area contributed by atoms with E-state index in [0.29, 0.717) is 12.6 Å². The number of aliphatic imine (C=N–C) groups is 1. The third kappa shape index (κ3) is 3.70. The lowest BCUT2D eigenvalue weighted by molar-refractivity contribution is 0.0263. The summed E-state index contributed by atoms with van der Waals surface area (Å²) < 4.78 is 7.84. The van der Waals surface area contributed by atoms with Crippen LogP contribution in [0, 0.1) is 6.92 Å². The molecule has 0 amide bonds. The normalized spacial score (nSPS) is 16.8. The van der Waals surface area contributed by atoms with Gasteiger partial charge >= 0.3 is 0 Å². The summed E-state index contributed by atoms with van der Waals surface area (Å²) in [6.45, 7) is 7.59. The van der Waals surface area contributed by atoms with E-state index in [1.165, 1.54) is 5.69 Å². The van der Waals surface area contributed by atoms with E-state index in [9.17, 15) is 0 Å². The highest BCUT2D eigenvalue weighted by molar-refractivity contribution is 5.79. The molecule has 6 heteroatoms. The number of aromatic nitrogens is 2. The number of rotatable bonds is 4. The number of hydrogen-bond acceptors (Lipinski definition) is 3. The minimum Gasteiger partial charge on any atom is -0.378 e. The third-order valence-electron chi connectivity index (χ3n) is 4.53. The van der Waals surface area contributed by atoms with Crippen LogP contribution in [0.4, 0.5) is 0 Å². The molecule has 0 atom stereocenters. The summed E-state index contributed by atoms with van der Waals surface area (Å²) in [6.07, 6.45) is 4.60. The molecule has 0 bridgehead atoms. The first kappa shape index (κ1) is 16.8. The van der Waals surface area contributed by atoms with Crippen LogP contribution >= 0.6 is 0 Å². The zero-order valence-corrected chi connectivity index (χ0v) is 14.8. The largest absolute Gasteiger partial charge is 0.378 e. The minimum atomic E-state index is 0.394. The molecule has 1 aliphatic rings. The number of imidazole rings is 1. The number of guanidine groups is 1. The number of nitrogens with zero attached hydrogens (tertiary/aromatic N) is 4. The molecule has 24 heavy (non-hydrogen) atoms. The number of aryl methyl sites for hydroxylation is 1. The summed E-state index contributed by atoms with van der Waals surface area (Å²) in [5.74, 6) is 0.943.